The van der Waals surface area contributed by atoms with E-state index in [0.29, 0.717) is 16.9 Å². The first kappa shape index (κ1) is 25.6. The summed E-state index contributed by atoms with van der Waals surface area (Å²) >= 11 is 0. The van der Waals surface area contributed by atoms with Crippen molar-refractivity contribution in [2.24, 2.45) is 5.92 Å². The summed E-state index contributed by atoms with van der Waals surface area (Å²) in [5.41, 5.74) is 2.45. The van der Waals surface area contributed by atoms with E-state index < -0.39 is 30.2 Å². The average molecular weight is 502 g/mol. The highest BCUT2D eigenvalue weighted by molar-refractivity contribution is 6.01. The van der Waals surface area contributed by atoms with Crippen LogP contribution in [0.1, 0.15) is 39.6 Å². The maximum absolute atomic E-state index is 12.6. The summed E-state index contributed by atoms with van der Waals surface area (Å²) in [5.74, 6) is -1.53. The Kier molecular flexibility index (Phi) is 7.98. The number of carbonyl (C=O) groups excluding carboxylic acids is 4. The number of aryl methyl sites for hydroxylation is 1. The molecule has 8 nitrogen and oxygen atoms in total. The van der Waals surface area contributed by atoms with Crippen LogP contribution in [-0.4, -0.2) is 43.9 Å². The lowest BCUT2D eigenvalue weighted by atomic mass is 10.1. The van der Waals surface area contributed by atoms with Gasteiger partial charge in [-0.15, -0.1) is 0 Å². The summed E-state index contributed by atoms with van der Waals surface area (Å²) in [6, 6.07) is 20.1. The Morgan fingerprint density at radius 1 is 0.919 bits per heavy atom. The van der Waals surface area contributed by atoms with Gasteiger partial charge in [-0.2, -0.15) is 0 Å². The number of hydrogen-bond acceptors (Lipinski definition) is 7. The van der Waals surface area contributed by atoms with Crippen LogP contribution in [0.4, 0.5) is 5.69 Å². The molecule has 1 fully saturated rings. The van der Waals surface area contributed by atoms with Crippen LogP contribution in [0, 0.1) is 5.92 Å². The van der Waals surface area contributed by atoms with Gasteiger partial charge in [0.25, 0.3) is 0 Å². The standard InChI is InChI=1S/C29H27NO7/c1-3-19-7-4-5-10-25(19)30-17-22(16-27(30)32)28(33)36-18-26(31)20-11-13-23(14-12-20)37-29(34)21-8-6-9-24(15-21)35-2/h4-15,22H,3,16-18H2,1-2H3/t22-/m0/s1. The largest absolute Gasteiger partial charge is 0.497 e. The first-order valence-electron chi connectivity index (χ1n) is 11.9. The fourth-order valence-corrected chi connectivity index (χ4v) is 4.13. The van der Waals surface area contributed by atoms with Crippen LogP contribution < -0.4 is 14.4 Å². The number of esters is 2. The zero-order valence-corrected chi connectivity index (χ0v) is 20.6. The SMILES string of the molecule is CCc1ccccc1N1C[C@@H](C(=O)OCC(=O)c2ccc(OC(=O)c3cccc(OC)c3)cc2)CC1=O. The molecule has 0 aromatic heterocycles. The Bertz CT molecular complexity index is 1320. The van der Waals surface area contributed by atoms with Crippen LogP contribution in [0.5, 0.6) is 11.5 Å². The number of Topliss-reactive ketones (excluding diaryl/α,β-unsaturated/α-hetero) is 1. The second kappa shape index (κ2) is 11.5. The fourth-order valence-electron chi connectivity index (χ4n) is 4.13. The Balaban J connectivity index is 1.30. The van der Waals surface area contributed by atoms with Crippen LogP contribution in [0.15, 0.2) is 72.8 Å². The number of hydrogen-bond donors (Lipinski definition) is 0. The normalized spacial score (nSPS) is 14.8. The number of amides is 1. The predicted octanol–water partition coefficient (Wildman–Crippen LogP) is 4.26. The van der Waals surface area contributed by atoms with Gasteiger partial charge in [0.05, 0.1) is 18.6 Å². The first-order chi connectivity index (χ1) is 17.9. The molecule has 0 bridgehead atoms. The Labute approximate surface area is 214 Å². The molecule has 0 N–H and O–H groups in total. The molecule has 1 aliphatic rings. The van der Waals surface area contributed by atoms with Crippen molar-refractivity contribution in [1.29, 1.82) is 0 Å². The van der Waals surface area contributed by atoms with E-state index in [0.717, 1.165) is 17.7 Å². The lowest BCUT2D eigenvalue weighted by molar-refractivity contribution is -0.147. The van der Waals surface area contributed by atoms with Gasteiger partial charge in [0.15, 0.2) is 12.4 Å². The van der Waals surface area contributed by atoms with Gasteiger partial charge in [-0.05, 0) is 60.5 Å². The van der Waals surface area contributed by atoms with Gasteiger partial charge in [-0.25, -0.2) is 4.79 Å². The number of methoxy groups -OCH3 is 1. The van der Waals surface area contributed by atoms with Gasteiger partial charge in [-0.3, -0.25) is 14.4 Å². The molecule has 3 aromatic carbocycles. The minimum absolute atomic E-state index is 0.0401. The molecular weight excluding hydrogens is 474 g/mol. The highest BCUT2D eigenvalue weighted by Gasteiger charge is 2.37. The zero-order valence-electron chi connectivity index (χ0n) is 20.6. The molecular formula is C29H27NO7. The summed E-state index contributed by atoms with van der Waals surface area (Å²) in [5, 5.41) is 0. The second-order valence-corrected chi connectivity index (χ2v) is 8.56. The maximum atomic E-state index is 12.6. The average Bonchev–Trinajstić information content (AvgIpc) is 3.33. The number of benzene rings is 3. The number of para-hydroxylation sites is 1. The number of carbonyl (C=O) groups is 4. The van der Waals surface area contributed by atoms with Crippen molar-refractivity contribution in [2.45, 2.75) is 19.8 Å². The van der Waals surface area contributed by atoms with Gasteiger partial charge in [-0.1, -0.05) is 31.2 Å². The highest BCUT2D eigenvalue weighted by Crippen LogP contribution is 2.29. The predicted molar refractivity (Wildman–Crippen MR) is 136 cm³/mol. The summed E-state index contributed by atoms with van der Waals surface area (Å²) in [7, 11) is 1.51. The second-order valence-electron chi connectivity index (χ2n) is 8.56. The van der Waals surface area contributed by atoms with E-state index in [1.807, 2.05) is 31.2 Å². The molecule has 1 amide bonds. The van der Waals surface area contributed by atoms with Crippen molar-refractivity contribution in [3.05, 3.63) is 89.5 Å². The van der Waals surface area contributed by atoms with Crippen LogP contribution in [0.2, 0.25) is 0 Å². The summed E-state index contributed by atoms with van der Waals surface area (Å²) < 4.78 is 15.7. The number of anilines is 1. The van der Waals surface area contributed by atoms with Crippen LogP contribution >= 0.6 is 0 Å². The summed E-state index contributed by atoms with van der Waals surface area (Å²) in [6.45, 7) is 1.78. The summed E-state index contributed by atoms with van der Waals surface area (Å²) in [4.78, 5) is 51.7. The third-order valence-electron chi connectivity index (χ3n) is 6.16. The van der Waals surface area contributed by atoms with Crippen LogP contribution in [0.25, 0.3) is 0 Å². The monoisotopic (exact) mass is 501 g/mol. The van der Waals surface area contributed by atoms with Gasteiger partial charge in [0.1, 0.15) is 11.5 Å². The quantitative estimate of drug-likeness (QED) is 0.245. The smallest absolute Gasteiger partial charge is 0.343 e. The molecule has 1 aliphatic heterocycles. The van der Waals surface area contributed by atoms with Gasteiger partial charge in [0, 0.05) is 24.2 Å². The molecule has 1 saturated heterocycles. The lowest BCUT2D eigenvalue weighted by Crippen LogP contribution is -2.28. The van der Waals surface area contributed by atoms with E-state index in [-0.39, 0.29) is 24.6 Å². The first-order valence-corrected chi connectivity index (χ1v) is 11.9. The molecule has 1 heterocycles. The van der Waals surface area contributed by atoms with Crippen LogP contribution in [0.3, 0.4) is 0 Å². The molecule has 0 spiro atoms. The molecule has 1 atom stereocenters. The van der Waals surface area contributed by atoms with Crippen molar-refractivity contribution < 1.29 is 33.4 Å². The minimum Gasteiger partial charge on any atom is -0.497 e. The van der Waals surface area contributed by atoms with Gasteiger partial charge in [0.2, 0.25) is 5.91 Å². The fraction of sp³-hybridized carbons (Fsp3) is 0.241. The molecule has 0 aliphatic carbocycles. The van der Waals surface area contributed by atoms with E-state index in [2.05, 4.69) is 0 Å². The van der Waals surface area contributed by atoms with Crippen molar-refractivity contribution >= 4 is 29.3 Å². The van der Waals surface area contributed by atoms with E-state index in [9.17, 15) is 19.2 Å². The van der Waals surface area contributed by atoms with E-state index in [4.69, 9.17) is 14.2 Å². The third-order valence-corrected chi connectivity index (χ3v) is 6.16. The molecule has 8 heteroatoms. The number of ketones is 1. The van der Waals surface area contributed by atoms with Gasteiger partial charge >= 0.3 is 11.9 Å². The topological polar surface area (TPSA) is 99.2 Å². The zero-order chi connectivity index (χ0) is 26.4. The minimum atomic E-state index is -0.636. The highest BCUT2D eigenvalue weighted by atomic mass is 16.5. The molecule has 190 valence electrons. The van der Waals surface area contributed by atoms with E-state index in [1.165, 1.54) is 31.4 Å². The van der Waals surface area contributed by atoms with Crippen LogP contribution in [-0.2, 0) is 20.7 Å². The molecule has 0 unspecified atom stereocenters. The van der Waals surface area contributed by atoms with Crippen molar-refractivity contribution in [2.75, 3.05) is 25.2 Å². The van der Waals surface area contributed by atoms with Gasteiger partial charge < -0.3 is 19.1 Å². The third kappa shape index (κ3) is 6.03. The van der Waals surface area contributed by atoms with Crippen molar-refractivity contribution in [1.82, 2.24) is 0 Å². The molecule has 0 saturated carbocycles. The van der Waals surface area contributed by atoms with E-state index >= 15 is 0 Å². The summed E-state index contributed by atoms with van der Waals surface area (Å²) in [6.07, 6.45) is 0.807. The number of ether oxygens (including phenoxy) is 3. The van der Waals surface area contributed by atoms with E-state index in [1.54, 1.807) is 29.2 Å². The van der Waals surface area contributed by atoms with Crippen molar-refractivity contribution in [3.63, 3.8) is 0 Å². The Morgan fingerprint density at radius 3 is 2.41 bits per heavy atom. The Morgan fingerprint density at radius 2 is 1.68 bits per heavy atom. The molecule has 3 aromatic rings. The molecule has 4 rings (SSSR count). The maximum Gasteiger partial charge on any atom is 0.343 e. The number of rotatable bonds is 9. The molecule has 37 heavy (non-hydrogen) atoms. The molecule has 0 radical (unpaired) electrons. The number of nitrogens with zero attached hydrogens (tertiary/aromatic N) is 1. The lowest BCUT2D eigenvalue weighted by Gasteiger charge is -2.19. The Hall–Kier alpha value is -4.46. The van der Waals surface area contributed by atoms with Crippen molar-refractivity contribution in [3.8, 4) is 11.5 Å².